The van der Waals surface area contributed by atoms with Crippen LogP contribution in [0, 0.1) is 6.92 Å². The molecule has 0 unspecified atom stereocenters. The van der Waals surface area contributed by atoms with Gasteiger partial charge in [-0.1, -0.05) is 24.3 Å². The fraction of sp³-hybridized carbons (Fsp3) is 0.400. The van der Waals surface area contributed by atoms with Crippen molar-refractivity contribution >= 4 is 0 Å². The van der Waals surface area contributed by atoms with Gasteiger partial charge in [-0.05, 0) is 24.5 Å². The van der Waals surface area contributed by atoms with E-state index in [0.29, 0.717) is 6.54 Å². The van der Waals surface area contributed by atoms with Crippen LogP contribution in [0.25, 0.3) is 0 Å². The van der Waals surface area contributed by atoms with Gasteiger partial charge in [0, 0.05) is 12.6 Å². The van der Waals surface area contributed by atoms with E-state index in [1.807, 2.05) is 12.1 Å². The molecule has 0 fully saturated rings. The fourth-order valence-electron chi connectivity index (χ4n) is 1.19. The van der Waals surface area contributed by atoms with Gasteiger partial charge in [0.15, 0.2) is 0 Å². The van der Waals surface area contributed by atoms with Crippen LogP contribution in [0.3, 0.4) is 0 Å². The highest BCUT2D eigenvalue weighted by Crippen LogP contribution is 2.08. The predicted octanol–water partition coefficient (Wildman–Crippen LogP) is 1.15. The Kier molecular flexibility index (Phi) is 3.26. The van der Waals surface area contributed by atoms with Gasteiger partial charge in [-0.2, -0.15) is 0 Å². The average Bonchev–Trinajstić information content (AvgIpc) is 2.09. The Morgan fingerprint density at radius 2 is 2.08 bits per heavy atom. The zero-order valence-electron chi connectivity index (χ0n) is 7.38. The van der Waals surface area contributed by atoms with Crippen molar-refractivity contribution in [3.05, 3.63) is 35.4 Å². The average molecular weight is 163 g/mol. The molecule has 1 aromatic rings. The molecule has 0 spiro atoms. The molecule has 0 amide bonds. The summed E-state index contributed by atoms with van der Waals surface area (Å²) in [5.41, 5.74) is 15.3. The van der Waals surface area contributed by atoms with Crippen molar-refractivity contribution in [3.63, 3.8) is 0 Å². The van der Waals surface area contributed by atoms with Gasteiger partial charge >= 0.3 is 0 Å². The molecule has 1 aromatic carbocycles. The molecule has 0 bridgehead atoms. The maximum Gasteiger partial charge on any atom is 0.0255 e. The number of hydrogen-bond donors (Lipinski definition) is 1. The normalized spacial score (nSPS) is 12.9. The van der Waals surface area contributed by atoms with E-state index >= 15 is 0 Å². The Labute approximate surface area is 73.6 Å². The summed E-state index contributed by atoms with van der Waals surface area (Å²) < 4.78 is 0. The van der Waals surface area contributed by atoms with E-state index in [2.05, 4.69) is 19.1 Å². The van der Waals surface area contributed by atoms with Crippen LogP contribution in [0.15, 0.2) is 24.3 Å². The zero-order valence-corrected chi connectivity index (χ0v) is 7.38. The molecular weight excluding hydrogens is 148 g/mol. The molecule has 0 aliphatic heterocycles. The second-order valence-corrected chi connectivity index (χ2v) is 3.09. The topological polar surface area (TPSA) is 49.8 Å². The van der Waals surface area contributed by atoms with Crippen molar-refractivity contribution in [2.45, 2.75) is 19.4 Å². The van der Waals surface area contributed by atoms with E-state index in [4.69, 9.17) is 11.5 Å². The van der Waals surface area contributed by atoms with Gasteiger partial charge in [-0.25, -0.2) is 0 Å². The highest BCUT2D eigenvalue weighted by Gasteiger charge is 2.02. The van der Waals surface area contributed by atoms with Gasteiger partial charge in [0.2, 0.25) is 0 Å². The quantitative estimate of drug-likeness (QED) is 0.714. The van der Waals surface area contributed by atoms with E-state index in [1.165, 1.54) is 11.1 Å². The van der Waals surface area contributed by atoms with E-state index in [1.54, 1.807) is 0 Å². The summed E-state index contributed by atoms with van der Waals surface area (Å²) in [5, 5.41) is 0. The molecule has 0 saturated heterocycles. The molecule has 3 N–H and O–H groups in total. The Morgan fingerprint density at radius 1 is 1.42 bits per heavy atom. The van der Waals surface area contributed by atoms with E-state index in [9.17, 15) is 0 Å². The largest absolute Gasteiger partial charge is 0.326 e. The van der Waals surface area contributed by atoms with E-state index in [0.717, 1.165) is 6.42 Å². The molecular formula is C10H15N2. The predicted molar refractivity (Wildman–Crippen MR) is 50.8 cm³/mol. The lowest BCUT2D eigenvalue weighted by Crippen LogP contribution is -2.27. The molecule has 65 valence electrons. The lowest BCUT2D eigenvalue weighted by Gasteiger charge is -2.09. The molecule has 0 heterocycles. The fourth-order valence-corrected chi connectivity index (χ4v) is 1.19. The first-order valence-electron chi connectivity index (χ1n) is 4.18. The van der Waals surface area contributed by atoms with Gasteiger partial charge in [-0.3, -0.25) is 5.73 Å². The van der Waals surface area contributed by atoms with Gasteiger partial charge in [-0.15, -0.1) is 0 Å². The van der Waals surface area contributed by atoms with Crippen molar-refractivity contribution in [2.75, 3.05) is 6.54 Å². The van der Waals surface area contributed by atoms with Crippen LogP contribution in [0.5, 0.6) is 0 Å². The zero-order chi connectivity index (χ0) is 8.97. The summed E-state index contributed by atoms with van der Waals surface area (Å²) >= 11 is 0. The Hall–Kier alpha value is -0.860. The summed E-state index contributed by atoms with van der Waals surface area (Å²) in [6.45, 7) is 2.38. The maximum atomic E-state index is 7.10. The van der Waals surface area contributed by atoms with Crippen LogP contribution in [0.1, 0.15) is 11.1 Å². The number of nitrogens with one attached hydrogen (secondary N) is 1. The Bertz CT molecular complexity index is 245. The third kappa shape index (κ3) is 2.32. The van der Waals surface area contributed by atoms with Crippen molar-refractivity contribution in [2.24, 2.45) is 5.73 Å². The van der Waals surface area contributed by atoms with Crippen LogP contribution in [-0.4, -0.2) is 12.6 Å². The van der Waals surface area contributed by atoms with Crippen molar-refractivity contribution in [1.82, 2.24) is 5.73 Å². The van der Waals surface area contributed by atoms with E-state index in [-0.39, 0.29) is 6.04 Å². The summed E-state index contributed by atoms with van der Waals surface area (Å²) in [7, 11) is 0. The number of aryl methyl sites for hydroxylation is 1. The Morgan fingerprint density at radius 3 is 2.67 bits per heavy atom. The highest BCUT2D eigenvalue weighted by atomic mass is 14.7. The maximum absolute atomic E-state index is 7.10. The van der Waals surface area contributed by atoms with Crippen molar-refractivity contribution in [1.29, 1.82) is 0 Å². The first-order chi connectivity index (χ1) is 5.74. The van der Waals surface area contributed by atoms with Gasteiger partial charge < -0.3 is 5.73 Å². The standard InChI is InChI=1S/C10H15N2/c1-8-4-2-3-5-9(8)6-10(12)7-11/h2-5,10-11H,6-7,12H2,1H3/t10-/m0/s1. The van der Waals surface area contributed by atoms with Crippen LogP contribution in [0.4, 0.5) is 0 Å². The smallest absolute Gasteiger partial charge is 0.0255 e. The molecule has 1 radical (unpaired) electrons. The molecule has 0 aromatic heterocycles. The van der Waals surface area contributed by atoms with Gasteiger partial charge in [0.1, 0.15) is 0 Å². The summed E-state index contributed by atoms with van der Waals surface area (Å²) in [5.74, 6) is 0. The molecule has 1 atom stereocenters. The third-order valence-corrected chi connectivity index (χ3v) is 2.01. The Balaban J connectivity index is 2.69. The number of hydrogen-bond acceptors (Lipinski definition) is 1. The third-order valence-electron chi connectivity index (χ3n) is 2.01. The van der Waals surface area contributed by atoms with Crippen LogP contribution < -0.4 is 11.5 Å². The summed E-state index contributed by atoms with van der Waals surface area (Å²) in [6.07, 6.45) is 0.816. The lowest BCUT2D eigenvalue weighted by molar-refractivity contribution is 0.667. The van der Waals surface area contributed by atoms with Crippen LogP contribution in [0.2, 0.25) is 0 Å². The SMILES string of the molecule is Cc1ccccc1C[C@H](N)C[NH]. The molecule has 0 aliphatic rings. The van der Waals surface area contributed by atoms with Crippen molar-refractivity contribution < 1.29 is 0 Å². The van der Waals surface area contributed by atoms with Crippen LogP contribution >= 0.6 is 0 Å². The molecule has 0 aliphatic carbocycles. The molecule has 12 heavy (non-hydrogen) atoms. The lowest BCUT2D eigenvalue weighted by atomic mass is 10.0. The number of nitrogens with two attached hydrogens (primary N) is 1. The van der Waals surface area contributed by atoms with Crippen LogP contribution in [-0.2, 0) is 6.42 Å². The molecule has 1 rings (SSSR count). The monoisotopic (exact) mass is 163 g/mol. The second-order valence-electron chi connectivity index (χ2n) is 3.09. The minimum absolute atomic E-state index is 0.0221. The van der Waals surface area contributed by atoms with Crippen molar-refractivity contribution in [3.8, 4) is 0 Å². The molecule has 0 saturated carbocycles. The first kappa shape index (κ1) is 9.23. The van der Waals surface area contributed by atoms with E-state index < -0.39 is 0 Å². The number of benzene rings is 1. The minimum Gasteiger partial charge on any atom is -0.326 e. The minimum atomic E-state index is -0.0221. The molecule has 2 nitrogen and oxygen atoms in total. The molecule has 2 heteroatoms. The second kappa shape index (κ2) is 4.24. The first-order valence-corrected chi connectivity index (χ1v) is 4.18. The summed E-state index contributed by atoms with van der Waals surface area (Å²) in [6, 6.07) is 8.16. The highest BCUT2D eigenvalue weighted by molar-refractivity contribution is 5.26. The van der Waals surface area contributed by atoms with Gasteiger partial charge in [0.25, 0.3) is 0 Å². The van der Waals surface area contributed by atoms with Gasteiger partial charge in [0.05, 0.1) is 0 Å². The number of rotatable bonds is 3. The summed E-state index contributed by atoms with van der Waals surface area (Å²) in [4.78, 5) is 0.